The molecule has 0 N–H and O–H groups in total. The highest BCUT2D eigenvalue weighted by Crippen LogP contribution is 2.23. The predicted molar refractivity (Wildman–Crippen MR) is 82.6 cm³/mol. The average molecular weight is 285 g/mol. The van der Waals surface area contributed by atoms with Gasteiger partial charge in [-0.3, -0.25) is 14.5 Å². The lowest BCUT2D eigenvalue weighted by molar-refractivity contribution is -0.126. The maximum absolute atomic E-state index is 12.5. The summed E-state index contributed by atoms with van der Waals surface area (Å²) in [4.78, 5) is 26.3. The number of rotatable bonds is 4. The minimum absolute atomic E-state index is 0.117. The molecule has 112 valence electrons. The summed E-state index contributed by atoms with van der Waals surface area (Å²) in [6, 6.07) is 6.17. The van der Waals surface area contributed by atoms with Crippen LogP contribution in [0.1, 0.15) is 47.7 Å². The van der Waals surface area contributed by atoms with Crippen molar-refractivity contribution in [3.8, 4) is 0 Å². The lowest BCUT2D eigenvalue weighted by Gasteiger charge is -2.30. The minimum atomic E-state index is 0.117. The number of hydrogen-bond donors (Lipinski definition) is 0. The zero-order chi connectivity index (χ0) is 14.8. The molecule has 1 aliphatic carbocycles. The molecule has 1 atom stereocenters. The van der Waals surface area contributed by atoms with Gasteiger partial charge in [-0.2, -0.15) is 0 Å². The summed E-state index contributed by atoms with van der Waals surface area (Å²) in [5.41, 5.74) is 3.59. The Balaban J connectivity index is 1.65. The van der Waals surface area contributed by atoms with Crippen molar-refractivity contribution < 1.29 is 9.59 Å². The fourth-order valence-corrected chi connectivity index (χ4v) is 3.52. The van der Waals surface area contributed by atoms with E-state index < -0.39 is 0 Å². The first-order chi connectivity index (χ1) is 10.2. The Labute approximate surface area is 126 Å². The van der Waals surface area contributed by atoms with Gasteiger partial charge in [0.15, 0.2) is 5.78 Å². The van der Waals surface area contributed by atoms with Gasteiger partial charge in [0, 0.05) is 31.0 Å². The van der Waals surface area contributed by atoms with E-state index >= 15 is 0 Å². The van der Waals surface area contributed by atoms with Crippen LogP contribution in [0.3, 0.4) is 0 Å². The first-order valence-corrected chi connectivity index (χ1v) is 8.07. The molecule has 1 fully saturated rings. The second-order valence-electron chi connectivity index (χ2n) is 6.32. The van der Waals surface area contributed by atoms with Crippen molar-refractivity contribution in [3.63, 3.8) is 0 Å². The quantitative estimate of drug-likeness (QED) is 0.798. The van der Waals surface area contributed by atoms with Gasteiger partial charge in [0.25, 0.3) is 0 Å². The van der Waals surface area contributed by atoms with Crippen LogP contribution in [0.4, 0.5) is 0 Å². The van der Waals surface area contributed by atoms with E-state index in [1.54, 1.807) is 0 Å². The second kappa shape index (κ2) is 6.10. The highest BCUT2D eigenvalue weighted by Gasteiger charge is 2.27. The van der Waals surface area contributed by atoms with Gasteiger partial charge in [-0.05, 0) is 42.9 Å². The molecule has 3 nitrogen and oxygen atoms in total. The first-order valence-electron chi connectivity index (χ1n) is 8.07. The number of ketones is 2. The molecule has 0 saturated carbocycles. The summed E-state index contributed by atoms with van der Waals surface area (Å²) in [6.45, 7) is 3.97. The number of fused-ring (bicyclic) bond motifs is 1. The summed E-state index contributed by atoms with van der Waals surface area (Å²) in [5.74, 6) is 0.666. The monoisotopic (exact) mass is 285 g/mol. The second-order valence-corrected chi connectivity index (χ2v) is 6.32. The number of piperidine rings is 1. The van der Waals surface area contributed by atoms with Crippen molar-refractivity contribution in [3.05, 3.63) is 34.9 Å². The molecule has 0 aromatic heterocycles. The van der Waals surface area contributed by atoms with Gasteiger partial charge < -0.3 is 0 Å². The smallest absolute Gasteiger partial charge is 0.176 e. The molecule has 1 unspecified atom stereocenters. The third kappa shape index (κ3) is 3.08. The molecule has 1 aromatic rings. The maximum Gasteiger partial charge on any atom is 0.176 e. The fourth-order valence-electron chi connectivity index (χ4n) is 3.52. The fraction of sp³-hybridized carbons (Fsp3) is 0.556. The van der Waals surface area contributed by atoms with E-state index in [9.17, 15) is 9.59 Å². The van der Waals surface area contributed by atoms with Gasteiger partial charge in [-0.1, -0.05) is 19.1 Å². The van der Waals surface area contributed by atoms with Crippen molar-refractivity contribution in [2.45, 2.75) is 39.0 Å². The summed E-state index contributed by atoms with van der Waals surface area (Å²) >= 11 is 0. The van der Waals surface area contributed by atoms with E-state index in [1.165, 1.54) is 17.5 Å². The van der Waals surface area contributed by atoms with Crippen molar-refractivity contribution in [1.82, 2.24) is 4.90 Å². The van der Waals surface area contributed by atoms with E-state index in [2.05, 4.69) is 17.0 Å². The van der Waals surface area contributed by atoms with Crippen molar-refractivity contribution in [1.29, 1.82) is 0 Å². The van der Waals surface area contributed by atoms with Crippen LogP contribution in [0.2, 0.25) is 0 Å². The Kier molecular flexibility index (Phi) is 4.20. The standard InChI is InChI=1S/C18H23NO2/c1-2-13-11-19(9-8-17(13)20)12-18(21)16-7-6-14-4-3-5-15(14)10-16/h6-7,10,13H,2-5,8-9,11-12H2,1H3. The van der Waals surface area contributed by atoms with Crippen LogP contribution in [-0.4, -0.2) is 36.1 Å². The summed E-state index contributed by atoms with van der Waals surface area (Å²) in [6.07, 6.45) is 4.93. The van der Waals surface area contributed by atoms with Gasteiger partial charge in [0.2, 0.25) is 0 Å². The number of hydrogen-bond acceptors (Lipinski definition) is 3. The molecule has 1 saturated heterocycles. The van der Waals surface area contributed by atoms with Gasteiger partial charge >= 0.3 is 0 Å². The third-order valence-corrected chi connectivity index (χ3v) is 4.89. The molecular formula is C18H23NO2. The molecule has 2 aliphatic rings. The SMILES string of the molecule is CCC1CN(CC(=O)c2ccc3c(c2)CCC3)CCC1=O. The molecule has 0 radical (unpaired) electrons. The van der Waals surface area contributed by atoms with E-state index in [0.717, 1.165) is 37.9 Å². The van der Waals surface area contributed by atoms with E-state index in [-0.39, 0.29) is 11.7 Å². The van der Waals surface area contributed by atoms with Crippen molar-refractivity contribution in [2.24, 2.45) is 5.92 Å². The first kappa shape index (κ1) is 14.5. The highest BCUT2D eigenvalue weighted by molar-refractivity contribution is 5.98. The molecule has 1 aliphatic heterocycles. The minimum Gasteiger partial charge on any atom is -0.299 e. The van der Waals surface area contributed by atoms with Crippen LogP contribution in [0.5, 0.6) is 0 Å². The zero-order valence-electron chi connectivity index (χ0n) is 12.7. The molecule has 0 bridgehead atoms. The Morgan fingerprint density at radius 3 is 2.86 bits per heavy atom. The molecule has 0 amide bonds. The number of benzene rings is 1. The van der Waals surface area contributed by atoms with E-state index in [4.69, 9.17) is 0 Å². The van der Waals surface area contributed by atoms with E-state index in [1.807, 2.05) is 13.0 Å². The predicted octanol–water partition coefficient (Wildman–Crippen LogP) is 2.66. The van der Waals surface area contributed by atoms with Crippen LogP contribution in [-0.2, 0) is 17.6 Å². The van der Waals surface area contributed by atoms with Crippen LogP contribution in [0.15, 0.2) is 18.2 Å². The molecule has 1 heterocycles. The average Bonchev–Trinajstić information content (AvgIpc) is 2.96. The Bertz CT molecular complexity index is 564. The Morgan fingerprint density at radius 2 is 2.05 bits per heavy atom. The van der Waals surface area contributed by atoms with Crippen molar-refractivity contribution >= 4 is 11.6 Å². The lowest BCUT2D eigenvalue weighted by Crippen LogP contribution is -2.42. The van der Waals surface area contributed by atoms with E-state index in [0.29, 0.717) is 18.7 Å². The number of nitrogens with zero attached hydrogens (tertiary/aromatic N) is 1. The van der Waals surface area contributed by atoms with Gasteiger partial charge in [-0.25, -0.2) is 0 Å². The maximum atomic E-state index is 12.5. The third-order valence-electron chi connectivity index (χ3n) is 4.89. The highest BCUT2D eigenvalue weighted by atomic mass is 16.1. The van der Waals surface area contributed by atoms with Crippen LogP contribution in [0.25, 0.3) is 0 Å². The van der Waals surface area contributed by atoms with Gasteiger partial charge in [0.1, 0.15) is 5.78 Å². The largest absolute Gasteiger partial charge is 0.299 e. The Hall–Kier alpha value is -1.48. The Morgan fingerprint density at radius 1 is 1.24 bits per heavy atom. The summed E-state index contributed by atoms with van der Waals surface area (Å²) in [7, 11) is 0. The van der Waals surface area contributed by atoms with Crippen LogP contribution < -0.4 is 0 Å². The van der Waals surface area contributed by atoms with Crippen LogP contribution >= 0.6 is 0 Å². The summed E-state index contributed by atoms with van der Waals surface area (Å²) < 4.78 is 0. The van der Waals surface area contributed by atoms with Gasteiger partial charge in [-0.15, -0.1) is 0 Å². The topological polar surface area (TPSA) is 37.4 Å². The molecule has 3 rings (SSSR count). The van der Waals surface area contributed by atoms with Gasteiger partial charge in [0.05, 0.1) is 6.54 Å². The number of carbonyl (C=O) groups is 2. The molecule has 21 heavy (non-hydrogen) atoms. The normalized spacial score (nSPS) is 22.3. The zero-order valence-corrected chi connectivity index (χ0v) is 12.7. The van der Waals surface area contributed by atoms with Crippen LogP contribution in [0, 0.1) is 5.92 Å². The molecule has 1 aromatic carbocycles. The van der Waals surface area contributed by atoms with Crippen molar-refractivity contribution in [2.75, 3.05) is 19.6 Å². The lowest BCUT2D eigenvalue weighted by atomic mass is 9.93. The molecule has 3 heteroatoms. The number of likely N-dealkylation sites (tertiary alicyclic amines) is 1. The molecule has 0 spiro atoms. The molecular weight excluding hydrogens is 262 g/mol. The number of carbonyl (C=O) groups excluding carboxylic acids is 2. The summed E-state index contributed by atoms with van der Waals surface area (Å²) in [5, 5.41) is 0. The number of aryl methyl sites for hydroxylation is 2. The number of Topliss-reactive ketones (excluding diaryl/α,β-unsaturated/α-hetero) is 2.